The Hall–Kier alpha value is -3.46. The first kappa shape index (κ1) is 16.0. The largest absolute Gasteiger partial charge is 0.338 e. The summed E-state index contributed by atoms with van der Waals surface area (Å²) in [5.41, 5.74) is 4.90. The lowest BCUT2D eigenvalue weighted by Crippen LogP contribution is -1.98. The molecule has 0 aliphatic carbocycles. The number of nitrogens with zero attached hydrogens (tertiary/aromatic N) is 1. The molecule has 0 aliphatic heterocycles. The average Bonchev–Trinajstić information content (AvgIpc) is 3.11. The Balaban J connectivity index is 1.52. The van der Waals surface area contributed by atoms with E-state index in [0.717, 1.165) is 33.5 Å². The average molecular weight is 338 g/mol. The summed E-state index contributed by atoms with van der Waals surface area (Å²) in [6.45, 7) is 0. The predicted octanol–water partition coefficient (Wildman–Crippen LogP) is 5.05. The molecule has 4 rings (SSSR count). The van der Waals surface area contributed by atoms with Gasteiger partial charge in [-0.1, -0.05) is 72.8 Å². The van der Waals surface area contributed by atoms with Gasteiger partial charge in [0.1, 0.15) is 5.82 Å². The number of fused-ring (bicyclic) bond motifs is 1. The molecule has 3 nitrogen and oxygen atoms in total. The molecule has 1 heterocycles. The molecule has 0 bridgehead atoms. The predicted molar refractivity (Wildman–Crippen MR) is 106 cm³/mol. The van der Waals surface area contributed by atoms with Crippen molar-refractivity contribution in [3.05, 3.63) is 96.1 Å². The molecular formula is C23H18N2O. The Morgan fingerprint density at radius 3 is 2.42 bits per heavy atom. The van der Waals surface area contributed by atoms with Crippen LogP contribution in [0.3, 0.4) is 0 Å². The number of carbonyl (C=O) groups is 1. The number of ketones is 1. The lowest BCUT2D eigenvalue weighted by molar-refractivity contribution is -0.113. The first-order chi connectivity index (χ1) is 12.8. The Bertz CT molecular complexity index is 1060. The van der Waals surface area contributed by atoms with Gasteiger partial charge >= 0.3 is 0 Å². The van der Waals surface area contributed by atoms with Gasteiger partial charge in [0.25, 0.3) is 0 Å². The van der Waals surface area contributed by atoms with Crippen molar-refractivity contribution < 1.29 is 4.79 Å². The van der Waals surface area contributed by atoms with Crippen molar-refractivity contribution in [2.45, 2.75) is 6.42 Å². The fraction of sp³-hybridized carbons (Fsp3) is 0.0435. The van der Waals surface area contributed by atoms with Crippen LogP contribution >= 0.6 is 0 Å². The third-order valence-corrected chi connectivity index (χ3v) is 4.23. The standard InChI is InChI=1S/C23H18N2O/c26-20(13-11-17-7-3-1-4-8-17)15-18-12-14-21-22(16-18)25-23(24-21)19-9-5-2-6-10-19/h1-14,16H,15H2,(H,24,25)/b13-11+. The van der Waals surface area contributed by atoms with Crippen molar-refractivity contribution in [2.75, 3.05) is 0 Å². The molecule has 4 aromatic rings. The number of hydrogen-bond acceptors (Lipinski definition) is 2. The van der Waals surface area contributed by atoms with Gasteiger partial charge in [0.2, 0.25) is 0 Å². The lowest BCUT2D eigenvalue weighted by atomic mass is 10.1. The van der Waals surface area contributed by atoms with E-state index >= 15 is 0 Å². The molecule has 0 unspecified atom stereocenters. The molecule has 126 valence electrons. The summed E-state index contributed by atoms with van der Waals surface area (Å²) < 4.78 is 0. The maximum absolute atomic E-state index is 12.2. The smallest absolute Gasteiger partial charge is 0.160 e. The quantitative estimate of drug-likeness (QED) is 0.517. The van der Waals surface area contributed by atoms with Crippen LogP contribution in [0.5, 0.6) is 0 Å². The number of H-pyrrole nitrogens is 1. The number of aromatic nitrogens is 2. The maximum Gasteiger partial charge on any atom is 0.160 e. The zero-order chi connectivity index (χ0) is 17.8. The van der Waals surface area contributed by atoms with E-state index in [9.17, 15) is 4.79 Å². The minimum absolute atomic E-state index is 0.0796. The van der Waals surface area contributed by atoms with Gasteiger partial charge in [0, 0.05) is 12.0 Å². The second-order valence-electron chi connectivity index (χ2n) is 6.19. The molecule has 26 heavy (non-hydrogen) atoms. The Kier molecular flexibility index (Phi) is 4.44. The maximum atomic E-state index is 12.2. The summed E-state index contributed by atoms with van der Waals surface area (Å²) in [7, 11) is 0. The van der Waals surface area contributed by atoms with E-state index in [0.29, 0.717) is 6.42 Å². The number of rotatable bonds is 5. The van der Waals surface area contributed by atoms with Gasteiger partial charge < -0.3 is 4.98 Å². The van der Waals surface area contributed by atoms with Gasteiger partial charge in [-0.15, -0.1) is 0 Å². The van der Waals surface area contributed by atoms with E-state index < -0.39 is 0 Å². The molecule has 0 atom stereocenters. The van der Waals surface area contributed by atoms with Crippen molar-refractivity contribution in [3.8, 4) is 11.4 Å². The van der Waals surface area contributed by atoms with Crippen molar-refractivity contribution in [1.29, 1.82) is 0 Å². The van der Waals surface area contributed by atoms with Crippen LogP contribution in [0.25, 0.3) is 28.5 Å². The molecule has 3 aromatic carbocycles. The van der Waals surface area contributed by atoms with Crippen molar-refractivity contribution in [1.82, 2.24) is 9.97 Å². The van der Waals surface area contributed by atoms with E-state index in [1.54, 1.807) is 6.08 Å². The van der Waals surface area contributed by atoms with Crippen LogP contribution in [-0.2, 0) is 11.2 Å². The summed E-state index contributed by atoms with van der Waals surface area (Å²) in [4.78, 5) is 20.2. The molecule has 1 N–H and O–H groups in total. The molecule has 0 aliphatic rings. The normalized spacial score (nSPS) is 11.2. The first-order valence-corrected chi connectivity index (χ1v) is 8.58. The van der Waals surface area contributed by atoms with Crippen molar-refractivity contribution in [3.63, 3.8) is 0 Å². The number of nitrogens with one attached hydrogen (secondary N) is 1. The zero-order valence-corrected chi connectivity index (χ0v) is 14.2. The number of carbonyl (C=O) groups excluding carboxylic acids is 1. The topological polar surface area (TPSA) is 45.8 Å². The van der Waals surface area contributed by atoms with Gasteiger partial charge in [0.15, 0.2) is 5.78 Å². The summed E-state index contributed by atoms with van der Waals surface area (Å²) in [6.07, 6.45) is 3.87. The van der Waals surface area contributed by atoms with Crippen molar-refractivity contribution >= 4 is 22.9 Å². The Morgan fingerprint density at radius 1 is 0.923 bits per heavy atom. The van der Waals surface area contributed by atoms with E-state index in [1.165, 1.54) is 0 Å². The summed E-state index contributed by atoms with van der Waals surface area (Å²) in [5, 5.41) is 0. The Morgan fingerprint density at radius 2 is 1.65 bits per heavy atom. The molecular weight excluding hydrogens is 320 g/mol. The van der Waals surface area contributed by atoms with Gasteiger partial charge in [-0.25, -0.2) is 4.98 Å². The van der Waals surface area contributed by atoms with Crippen LogP contribution in [-0.4, -0.2) is 15.8 Å². The van der Waals surface area contributed by atoms with Crippen LogP contribution in [0, 0.1) is 0 Å². The second kappa shape index (κ2) is 7.19. The summed E-state index contributed by atoms with van der Waals surface area (Å²) in [5.74, 6) is 0.920. The highest BCUT2D eigenvalue weighted by molar-refractivity contribution is 5.95. The van der Waals surface area contributed by atoms with E-state index in [-0.39, 0.29) is 5.78 Å². The van der Waals surface area contributed by atoms with Crippen LogP contribution < -0.4 is 0 Å². The van der Waals surface area contributed by atoms with Crippen LogP contribution in [0.4, 0.5) is 0 Å². The SMILES string of the molecule is O=C(/C=C/c1ccccc1)Cc1ccc2nc(-c3ccccc3)[nH]c2c1. The third kappa shape index (κ3) is 3.62. The molecule has 0 saturated heterocycles. The zero-order valence-electron chi connectivity index (χ0n) is 14.2. The van der Waals surface area contributed by atoms with Crippen LogP contribution in [0.15, 0.2) is 84.9 Å². The van der Waals surface area contributed by atoms with Gasteiger partial charge in [0.05, 0.1) is 11.0 Å². The number of imidazole rings is 1. The first-order valence-electron chi connectivity index (χ1n) is 8.58. The number of aromatic amines is 1. The van der Waals surface area contributed by atoms with E-state index in [4.69, 9.17) is 0 Å². The van der Waals surface area contributed by atoms with Crippen LogP contribution in [0.1, 0.15) is 11.1 Å². The van der Waals surface area contributed by atoms with Crippen LogP contribution in [0.2, 0.25) is 0 Å². The Labute approximate surface area is 152 Å². The van der Waals surface area contributed by atoms with Crippen molar-refractivity contribution in [2.24, 2.45) is 0 Å². The molecule has 1 aromatic heterocycles. The number of hydrogen-bond donors (Lipinski definition) is 1. The highest BCUT2D eigenvalue weighted by Gasteiger charge is 2.07. The fourth-order valence-electron chi connectivity index (χ4n) is 2.91. The number of allylic oxidation sites excluding steroid dienone is 1. The number of benzene rings is 3. The van der Waals surface area contributed by atoms with Gasteiger partial charge in [-0.3, -0.25) is 4.79 Å². The van der Waals surface area contributed by atoms with Gasteiger partial charge in [-0.2, -0.15) is 0 Å². The highest BCUT2D eigenvalue weighted by atomic mass is 16.1. The fourth-order valence-corrected chi connectivity index (χ4v) is 2.91. The molecule has 0 saturated carbocycles. The minimum atomic E-state index is 0.0796. The third-order valence-electron chi connectivity index (χ3n) is 4.23. The lowest BCUT2D eigenvalue weighted by Gasteiger charge is -1.98. The van der Waals surface area contributed by atoms with Gasteiger partial charge in [-0.05, 0) is 29.3 Å². The monoisotopic (exact) mass is 338 g/mol. The summed E-state index contributed by atoms with van der Waals surface area (Å²) >= 11 is 0. The highest BCUT2D eigenvalue weighted by Crippen LogP contribution is 2.21. The molecule has 0 spiro atoms. The second-order valence-corrected chi connectivity index (χ2v) is 6.19. The molecule has 0 fully saturated rings. The molecule has 0 radical (unpaired) electrons. The summed E-state index contributed by atoms with van der Waals surface area (Å²) in [6, 6.07) is 25.8. The molecule has 0 amide bonds. The van der Waals surface area contributed by atoms with E-state index in [1.807, 2.05) is 84.9 Å². The van der Waals surface area contributed by atoms with E-state index in [2.05, 4.69) is 9.97 Å². The molecule has 3 heteroatoms. The minimum Gasteiger partial charge on any atom is -0.338 e.